The van der Waals surface area contributed by atoms with E-state index in [4.69, 9.17) is 5.11 Å². The first-order chi connectivity index (χ1) is 8.91. The molecule has 1 N–H and O–H groups in total. The molecule has 5 heteroatoms. The average Bonchev–Trinajstić information content (AvgIpc) is 2.31. The fourth-order valence-corrected chi connectivity index (χ4v) is 1.84. The van der Waals surface area contributed by atoms with Gasteiger partial charge < -0.3 is 10.0 Å². The molecule has 19 heavy (non-hydrogen) atoms. The number of carboxylic acids is 1. The van der Waals surface area contributed by atoms with Crippen molar-refractivity contribution < 1.29 is 14.7 Å². The third-order valence-corrected chi connectivity index (χ3v) is 2.95. The number of aromatic nitrogens is 1. The highest BCUT2D eigenvalue weighted by Crippen LogP contribution is 2.09. The highest BCUT2D eigenvalue weighted by atomic mass is 16.4. The van der Waals surface area contributed by atoms with Crippen molar-refractivity contribution in [2.45, 2.75) is 39.7 Å². The van der Waals surface area contributed by atoms with Crippen molar-refractivity contribution in [3.63, 3.8) is 0 Å². The van der Waals surface area contributed by atoms with E-state index < -0.39 is 5.97 Å². The van der Waals surface area contributed by atoms with Crippen molar-refractivity contribution in [1.82, 2.24) is 9.88 Å². The van der Waals surface area contributed by atoms with E-state index in [2.05, 4.69) is 4.98 Å². The maximum atomic E-state index is 12.2. The zero-order valence-corrected chi connectivity index (χ0v) is 11.6. The first kappa shape index (κ1) is 15.1. The summed E-state index contributed by atoms with van der Waals surface area (Å²) >= 11 is 0. The third-order valence-electron chi connectivity index (χ3n) is 2.95. The minimum Gasteiger partial charge on any atom is -0.481 e. The zero-order valence-electron chi connectivity index (χ0n) is 11.6. The lowest BCUT2D eigenvalue weighted by Crippen LogP contribution is -2.39. The van der Waals surface area contributed by atoms with E-state index in [1.165, 1.54) is 0 Å². The number of aliphatic carboxylic acids is 1. The minimum atomic E-state index is -0.896. The van der Waals surface area contributed by atoms with E-state index in [9.17, 15) is 9.59 Å². The predicted octanol–water partition coefficient (Wildman–Crippen LogP) is 1.64. The Labute approximate surface area is 113 Å². The summed E-state index contributed by atoms with van der Waals surface area (Å²) in [5.74, 6) is -0.981. The lowest BCUT2D eigenvalue weighted by atomic mass is 10.1. The van der Waals surface area contributed by atoms with E-state index in [0.29, 0.717) is 0 Å². The average molecular weight is 264 g/mol. The largest absolute Gasteiger partial charge is 0.481 e. The van der Waals surface area contributed by atoms with Crippen molar-refractivity contribution in [3.8, 4) is 0 Å². The second-order valence-electron chi connectivity index (χ2n) is 4.77. The number of amides is 1. The Morgan fingerprint density at radius 1 is 1.42 bits per heavy atom. The Balaban J connectivity index is 2.72. The van der Waals surface area contributed by atoms with Gasteiger partial charge in [-0.05, 0) is 32.4 Å². The molecule has 0 aliphatic carbocycles. The van der Waals surface area contributed by atoms with Crippen molar-refractivity contribution in [2.24, 2.45) is 0 Å². The Bertz CT molecular complexity index is 458. The van der Waals surface area contributed by atoms with E-state index >= 15 is 0 Å². The molecule has 1 aromatic rings. The number of nitrogens with zero attached hydrogens (tertiary/aromatic N) is 2. The van der Waals surface area contributed by atoms with Gasteiger partial charge in [0.15, 0.2) is 0 Å². The van der Waals surface area contributed by atoms with E-state index in [1.54, 1.807) is 11.1 Å². The van der Waals surface area contributed by atoms with Crippen molar-refractivity contribution >= 4 is 11.9 Å². The van der Waals surface area contributed by atoms with Crippen LogP contribution in [0.15, 0.2) is 18.3 Å². The van der Waals surface area contributed by atoms with Crippen LogP contribution >= 0.6 is 0 Å². The van der Waals surface area contributed by atoms with Gasteiger partial charge in [0.1, 0.15) is 0 Å². The van der Waals surface area contributed by atoms with Gasteiger partial charge in [-0.1, -0.05) is 6.07 Å². The zero-order chi connectivity index (χ0) is 14.4. The predicted molar refractivity (Wildman–Crippen MR) is 71.8 cm³/mol. The number of pyridine rings is 1. The molecule has 5 nitrogen and oxygen atoms in total. The highest BCUT2D eigenvalue weighted by Gasteiger charge is 2.19. The van der Waals surface area contributed by atoms with Crippen molar-refractivity contribution in [3.05, 3.63) is 29.6 Å². The molecule has 0 unspecified atom stereocenters. The van der Waals surface area contributed by atoms with E-state index in [1.807, 2.05) is 32.9 Å². The van der Waals surface area contributed by atoms with Crippen LogP contribution in [-0.4, -0.2) is 39.5 Å². The summed E-state index contributed by atoms with van der Waals surface area (Å²) in [4.78, 5) is 28.6. The number of rotatable bonds is 6. The fraction of sp³-hybridized carbons (Fsp3) is 0.500. The van der Waals surface area contributed by atoms with Crippen LogP contribution in [0.4, 0.5) is 0 Å². The molecule has 104 valence electrons. The summed E-state index contributed by atoms with van der Waals surface area (Å²) in [5.41, 5.74) is 1.71. The van der Waals surface area contributed by atoms with E-state index in [-0.39, 0.29) is 31.3 Å². The summed E-state index contributed by atoms with van der Waals surface area (Å²) in [6.45, 7) is 5.90. The second-order valence-corrected chi connectivity index (χ2v) is 4.77. The second kappa shape index (κ2) is 6.87. The van der Waals surface area contributed by atoms with Gasteiger partial charge in [0.25, 0.3) is 0 Å². The molecule has 0 aliphatic heterocycles. The molecule has 0 fully saturated rings. The summed E-state index contributed by atoms with van der Waals surface area (Å²) in [6.07, 6.45) is 1.84. The number of hydrogen-bond acceptors (Lipinski definition) is 3. The van der Waals surface area contributed by atoms with Crippen LogP contribution in [0.2, 0.25) is 0 Å². The normalized spacial score (nSPS) is 10.5. The topological polar surface area (TPSA) is 70.5 Å². The fourth-order valence-electron chi connectivity index (χ4n) is 1.84. The first-order valence-corrected chi connectivity index (χ1v) is 6.33. The van der Waals surface area contributed by atoms with Gasteiger partial charge in [0.2, 0.25) is 5.91 Å². The molecule has 1 aromatic heterocycles. The van der Waals surface area contributed by atoms with Crippen LogP contribution < -0.4 is 0 Å². The Morgan fingerprint density at radius 3 is 2.63 bits per heavy atom. The van der Waals surface area contributed by atoms with Crippen LogP contribution in [0.1, 0.15) is 31.5 Å². The third kappa shape index (κ3) is 4.69. The molecule has 0 bridgehead atoms. The van der Waals surface area contributed by atoms with Gasteiger partial charge in [-0.3, -0.25) is 14.6 Å². The SMILES string of the molecule is Cc1cccnc1CC(=O)N(CCC(=O)O)C(C)C. The molecular formula is C14H20N2O3. The maximum Gasteiger partial charge on any atom is 0.305 e. The number of carbonyl (C=O) groups is 2. The molecule has 1 rings (SSSR count). The summed E-state index contributed by atoms with van der Waals surface area (Å²) in [6, 6.07) is 3.72. The number of aryl methyl sites for hydroxylation is 1. The lowest BCUT2D eigenvalue weighted by Gasteiger charge is -2.26. The van der Waals surface area contributed by atoms with Gasteiger partial charge in [-0.2, -0.15) is 0 Å². The Hall–Kier alpha value is -1.91. The van der Waals surface area contributed by atoms with Gasteiger partial charge in [-0.15, -0.1) is 0 Å². The first-order valence-electron chi connectivity index (χ1n) is 6.33. The van der Waals surface area contributed by atoms with Crippen LogP contribution in [0.25, 0.3) is 0 Å². The summed E-state index contributed by atoms with van der Waals surface area (Å²) in [7, 11) is 0. The van der Waals surface area contributed by atoms with Crippen LogP contribution in [-0.2, 0) is 16.0 Å². The molecule has 0 saturated carbocycles. The Morgan fingerprint density at radius 2 is 2.11 bits per heavy atom. The molecule has 0 atom stereocenters. The molecule has 0 spiro atoms. The minimum absolute atomic E-state index is 0.0177. The summed E-state index contributed by atoms with van der Waals surface area (Å²) < 4.78 is 0. The van der Waals surface area contributed by atoms with Crippen molar-refractivity contribution in [1.29, 1.82) is 0 Å². The number of carboxylic acid groups (broad SMARTS) is 1. The van der Waals surface area contributed by atoms with Crippen LogP contribution in [0, 0.1) is 6.92 Å². The smallest absolute Gasteiger partial charge is 0.305 e. The van der Waals surface area contributed by atoms with E-state index in [0.717, 1.165) is 11.3 Å². The summed E-state index contributed by atoms with van der Waals surface area (Å²) in [5, 5.41) is 8.71. The standard InChI is InChI=1S/C14H20N2O3/c1-10(2)16(8-6-14(18)19)13(17)9-12-11(3)5-4-7-15-12/h4-5,7,10H,6,8-9H2,1-3H3,(H,18,19). The van der Waals surface area contributed by atoms with Gasteiger partial charge >= 0.3 is 5.97 Å². The number of hydrogen-bond donors (Lipinski definition) is 1. The molecular weight excluding hydrogens is 244 g/mol. The highest BCUT2D eigenvalue weighted by molar-refractivity contribution is 5.79. The lowest BCUT2D eigenvalue weighted by molar-refractivity contribution is -0.139. The maximum absolute atomic E-state index is 12.2. The molecule has 0 aromatic carbocycles. The molecule has 1 amide bonds. The van der Waals surface area contributed by atoms with Crippen molar-refractivity contribution in [2.75, 3.05) is 6.54 Å². The van der Waals surface area contributed by atoms with Gasteiger partial charge in [0.05, 0.1) is 18.5 Å². The van der Waals surface area contributed by atoms with Gasteiger partial charge in [-0.25, -0.2) is 0 Å². The van der Waals surface area contributed by atoms with Crippen LogP contribution in [0.3, 0.4) is 0 Å². The molecule has 0 saturated heterocycles. The molecule has 1 heterocycles. The molecule has 0 aliphatic rings. The quantitative estimate of drug-likeness (QED) is 0.848. The monoisotopic (exact) mass is 264 g/mol. The van der Waals surface area contributed by atoms with Crippen LogP contribution in [0.5, 0.6) is 0 Å². The molecule has 0 radical (unpaired) electrons. The number of carbonyl (C=O) groups excluding carboxylic acids is 1. The Kier molecular flexibility index (Phi) is 5.48. The van der Waals surface area contributed by atoms with Gasteiger partial charge in [0, 0.05) is 18.8 Å².